The van der Waals surface area contributed by atoms with Crippen LogP contribution < -0.4 is 20.1 Å². The van der Waals surface area contributed by atoms with E-state index >= 15 is 0 Å². The molecule has 14 nitrogen and oxygen atoms in total. The number of ether oxygens (including phenoxy) is 4. The maximum atomic E-state index is 13.7. The quantitative estimate of drug-likeness (QED) is 0.239. The number of benzene rings is 2. The van der Waals surface area contributed by atoms with Crippen LogP contribution in [-0.4, -0.2) is 109 Å². The summed E-state index contributed by atoms with van der Waals surface area (Å²) >= 11 is 0. The van der Waals surface area contributed by atoms with Gasteiger partial charge < -0.3 is 39.4 Å². The van der Waals surface area contributed by atoms with Gasteiger partial charge in [-0.15, -0.1) is 0 Å². The molecular formula is C49H58N6O8. The van der Waals surface area contributed by atoms with Gasteiger partial charge in [0.15, 0.2) is 0 Å². The summed E-state index contributed by atoms with van der Waals surface area (Å²) in [5, 5.41) is 5.47. The van der Waals surface area contributed by atoms with Gasteiger partial charge in [-0.2, -0.15) is 0 Å². The van der Waals surface area contributed by atoms with Gasteiger partial charge in [0.2, 0.25) is 11.8 Å². The van der Waals surface area contributed by atoms with E-state index in [1.165, 1.54) is 19.8 Å². The summed E-state index contributed by atoms with van der Waals surface area (Å²) in [6.07, 6.45) is 9.45. The molecule has 0 spiro atoms. The van der Waals surface area contributed by atoms with Crippen molar-refractivity contribution in [2.45, 2.75) is 109 Å². The van der Waals surface area contributed by atoms with Gasteiger partial charge in [-0.25, -0.2) is 9.59 Å². The summed E-state index contributed by atoms with van der Waals surface area (Å²) in [4.78, 5) is 65.1. The van der Waals surface area contributed by atoms with Gasteiger partial charge in [0.25, 0.3) is 0 Å². The van der Waals surface area contributed by atoms with Crippen LogP contribution in [0.4, 0.5) is 9.59 Å². The van der Waals surface area contributed by atoms with Crippen LogP contribution in [0.25, 0.3) is 22.3 Å². The fourth-order valence-electron chi connectivity index (χ4n) is 10.2. The third-order valence-corrected chi connectivity index (χ3v) is 13.7. The molecule has 1 unspecified atom stereocenters. The number of methoxy groups -OCH3 is 2. The van der Waals surface area contributed by atoms with E-state index in [1.807, 2.05) is 49.9 Å². The molecule has 6 heterocycles. The summed E-state index contributed by atoms with van der Waals surface area (Å²) in [6, 6.07) is 11.3. The van der Waals surface area contributed by atoms with Crippen LogP contribution in [0.15, 0.2) is 58.8 Å². The number of nitrogens with one attached hydrogen (secondary N) is 2. The Morgan fingerprint density at radius 2 is 1.21 bits per heavy atom. The summed E-state index contributed by atoms with van der Waals surface area (Å²) in [6.45, 7) is 9.37. The molecule has 3 fully saturated rings. The van der Waals surface area contributed by atoms with Crippen LogP contribution in [0.3, 0.4) is 0 Å². The fraction of sp³-hybridized carbons (Fsp3) is 0.510. The van der Waals surface area contributed by atoms with Crippen LogP contribution in [0.1, 0.15) is 101 Å². The molecule has 1 aliphatic carbocycles. The van der Waals surface area contributed by atoms with Gasteiger partial charge in [0.05, 0.1) is 26.3 Å². The summed E-state index contributed by atoms with van der Waals surface area (Å²) < 4.78 is 23.2. The van der Waals surface area contributed by atoms with Crippen LogP contribution >= 0.6 is 0 Å². The highest BCUT2D eigenvalue weighted by atomic mass is 16.5. The SMILES string of the molecule is COC(=O)N[C@H](C(=O)N1CCC[C@H]1C1=NC=C(c2ccc3c(c2)OC(C2CC2)C2=C3COc3cc(C4=CN=C([C@@H]5CCCN5C(=O)[C@@H](NC(=O)OC)C(C)C)C4)ccc32)C1)C(C)C. The lowest BCUT2D eigenvalue weighted by atomic mass is 9.83. The van der Waals surface area contributed by atoms with Gasteiger partial charge in [0, 0.05) is 77.9 Å². The molecule has 6 aliphatic heterocycles. The minimum atomic E-state index is -0.675. The molecule has 0 radical (unpaired) electrons. The number of carbonyl (C=O) groups is 4. The smallest absolute Gasteiger partial charge is 0.407 e. The zero-order valence-electron chi connectivity index (χ0n) is 37.1. The van der Waals surface area contributed by atoms with E-state index in [4.69, 9.17) is 28.9 Å². The first-order valence-corrected chi connectivity index (χ1v) is 22.6. The normalized spacial score (nSPS) is 23.4. The third kappa shape index (κ3) is 8.12. The van der Waals surface area contributed by atoms with E-state index < -0.39 is 24.3 Å². The Kier molecular flexibility index (Phi) is 11.7. The number of alkyl carbamates (subject to hydrolysis) is 2. The summed E-state index contributed by atoms with van der Waals surface area (Å²) in [7, 11) is 2.61. The molecule has 5 atom stereocenters. The van der Waals surface area contributed by atoms with Crippen molar-refractivity contribution in [1.82, 2.24) is 20.4 Å². The summed E-state index contributed by atoms with van der Waals surface area (Å²) in [5.74, 6) is 1.71. The van der Waals surface area contributed by atoms with E-state index in [-0.39, 0.29) is 41.8 Å². The molecule has 332 valence electrons. The number of likely N-dealkylation sites (tertiary alicyclic amines) is 2. The first kappa shape index (κ1) is 42.4. The molecule has 2 N–H and O–H groups in total. The number of aliphatic imine (C=N–C) groups is 2. The maximum Gasteiger partial charge on any atom is 0.407 e. The largest absolute Gasteiger partial charge is 0.488 e. The van der Waals surface area contributed by atoms with Crippen LogP contribution in [-0.2, 0) is 19.1 Å². The number of carbonyl (C=O) groups excluding carboxylic acids is 4. The van der Waals surface area contributed by atoms with E-state index in [0.29, 0.717) is 38.5 Å². The number of fused-ring (bicyclic) bond motifs is 4. The molecule has 1 saturated carbocycles. The van der Waals surface area contributed by atoms with Crippen molar-refractivity contribution in [3.63, 3.8) is 0 Å². The summed E-state index contributed by atoms with van der Waals surface area (Å²) in [5.41, 5.74) is 10.6. The molecule has 14 heteroatoms. The zero-order valence-corrected chi connectivity index (χ0v) is 37.1. The second-order valence-corrected chi connectivity index (χ2v) is 18.5. The van der Waals surface area contributed by atoms with E-state index in [9.17, 15) is 19.2 Å². The second-order valence-electron chi connectivity index (χ2n) is 18.5. The topological polar surface area (TPSA) is 160 Å². The van der Waals surface area contributed by atoms with E-state index in [1.54, 1.807) is 0 Å². The minimum absolute atomic E-state index is 0.0824. The number of allylic oxidation sites excluding steroid dienone is 2. The third-order valence-electron chi connectivity index (χ3n) is 13.7. The van der Waals surface area contributed by atoms with Crippen molar-refractivity contribution in [1.29, 1.82) is 0 Å². The van der Waals surface area contributed by atoms with Crippen molar-refractivity contribution in [3.05, 3.63) is 71.1 Å². The lowest BCUT2D eigenvalue weighted by Crippen LogP contribution is -2.53. The van der Waals surface area contributed by atoms with Gasteiger partial charge in [-0.05, 0) is 84.8 Å². The Labute approximate surface area is 368 Å². The van der Waals surface area contributed by atoms with Crippen molar-refractivity contribution in [2.75, 3.05) is 33.9 Å². The molecular weight excluding hydrogens is 801 g/mol. The number of amides is 4. The van der Waals surface area contributed by atoms with Crippen molar-refractivity contribution < 1.29 is 38.1 Å². The molecule has 0 bridgehead atoms. The van der Waals surface area contributed by atoms with Gasteiger partial charge in [-0.3, -0.25) is 19.6 Å². The molecule has 2 saturated heterocycles. The Balaban J connectivity index is 0.893. The van der Waals surface area contributed by atoms with Crippen molar-refractivity contribution in [3.8, 4) is 11.5 Å². The first-order chi connectivity index (χ1) is 30.4. The zero-order chi connectivity index (χ0) is 44.1. The lowest BCUT2D eigenvalue weighted by Gasteiger charge is -2.35. The van der Waals surface area contributed by atoms with Gasteiger partial charge in [0.1, 0.15) is 36.3 Å². The molecule has 2 aromatic rings. The van der Waals surface area contributed by atoms with Crippen molar-refractivity contribution >= 4 is 57.7 Å². The number of nitrogens with zero attached hydrogens (tertiary/aromatic N) is 4. The molecule has 7 aliphatic rings. The first-order valence-electron chi connectivity index (χ1n) is 22.6. The van der Waals surface area contributed by atoms with Crippen LogP contribution in [0, 0.1) is 17.8 Å². The molecule has 0 aromatic heterocycles. The minimum Gasteiger partial charge on any atom is -0.488 e. The predicted molar refractivity (Wildman–Crippen MR) is 240 cm³/mol. The Hall–Kier alpha value is -5.92. The number of rotatable bonds is 11. The highest BCUT2D eigenvalue weighted by Gasteiger charge is 2.44. The van der Waals surface area contributed by atoms with Crippen LogP contribution in [0.5, 0.6) is 11.5 Å². The number of hydrogen-bond donors (Lipinski definition) is 2. The van der Waals surface area contributed by atoms with E-state index in [0.717, 1.165) is 100 Å². The Morgan fingerprint density at radius 3 is 1.70 bits per heavy atom. The number of hydrogen-bond acceptors (Lipinski definition) is 10. The lowest BCUT2D eigenvalue weighted by molar-refractivity contribution is -0.134. The molecule has 63 heavy (non-hydrogen) atoms. The average Bonchev–Trinajstić information content (AvgIpc) is 3.75. The maximum absolute atomic E-state index is 13.7. The Morgan fingerprint density at radius 1 is 0.698 bits per heavy atom. The van der Waals surface area contributed by atoms with Gasteiger partial charge in [-0.1, -0.05) is 52.0 Å². The van der Waals surface area contributed by atoms with Gasteiger partial charge >= 0.3 is 12.2 Å². The second kappa shape index (κ2) is 17.3. The van der Waals surface area contributed by atoms with Crippen LogP contribution in [0.2, 0.25) is 0 Å². The highest BCUT2D eigenvalue weighted by molar-refractivity contribution is 6.06. The standard InChI is InChI=1S/C49H58N6O8/c1-26(2)43(52-48(58)60-5)46(56)54-17-7-9-38(54)36-19-31(23-50-36)29-14-16-34-40(21-29)62-25-35-33-15-13-30(22-41(33)63-45(42(34)35)28-11-12-28)32-20-37(51-24-32)39-10-8-18-55(39)47(57)44(27(3)4)53-49(59)61-6/h13-16,21-24,26-28,38-39,43-45H,7-12,17-20,25H2,1-6H3,(H,52,58)(H,53,59)/t38-,39-,43-,44-,45?/m0/s1. The molecule has 9 rings (SSSR count). The molecule has 4 amide bonds. The Bertz CT molecular complexity index is 2370. The van der Waals surface area contributed by atoms with E-state index in [2.05, 4.69) is 47.0 Å². The fourth-order valence-corrected chi connectivity index (χ4v) is 10.2. The van der Waals surface area contributed by atoms with Crippen molar-refractivity contribution in [2.24, 2.45) is 27.7 Å². The molecule has 2 aromatic carbocycles. The monoisotopic (exact) mass is 858 g/mol. The average molecular weight is 859 g/mol. The highest BCUT2D eigenvalue weighted by Crippen LogP contribution is 2.52. The predicted octanol–water partition coefficient (Wildman–Crippen LogP) is 7.28.